The first-order valence-electron chi connectivity index (χ1n) is 11.3. The van der Waals surface area contributed by atoms with Crippen molar-refractivity contribution in [3.63, 3.8) is 0 Å². The van der Waals surface area contributed by atoms with Crippen LogP contribution in [-0.2, 0) is 4.74 Å². The molecule has 1 fully saturated rings. The fourth-order valence-electron chi connectivity index (χ4n) is 3.73. The van der Waals surface area contributed by atoms with E-state index in [1.807, 2.05) is 39.5 Å². The molecule has 1 N–H and O–H groups in total. The summed E-state index contributed by atoms with van der Waals surface area (Å²) in [6, 6.07) is 5.19. The highest BCUT2D eigenvalue weighted by molar-refractivity contribution is 9.10. The fourth-order valence-corrected chi connectivity index (χ4v) is 4.50. The molecule has 2 atom stereocenters. The number of amides is 2. The van der Waals surface area contributed by atoms with Gasteiger partial charge in [-0.2, -0.15) is 0 Å². The zero-order valence-electron chi connectivity index (χ0n) is 20.8. The number of aromatic nitrogens is 1. The standard InChI is InChI=1S/C24H27BrClF3N4O4/c1-13-12-33(22(35)37-23(3,4)5)14(2)11-32(13)20-7-6-15(10-30-20)21(34)31-18-9-19(36-24(27,28)29)16(25)8-17(18)26/h6-10,13-14H,11-12H2,1-5H3,(H,31,34)/t13-,14+/m1/s1. The van der Waals surface area contributed by atoms with E-state index >= 15 is 0 Å². The maximum absolute atomic E-state index is 12.7. The summed E-state index contributed by atoms with van der Waals surface area (Å²) >= 11 is 9.05. The molecule has 2 heterocycles. The Morgan fingerprint density at radius 1 is 1.14 bits per heavy atom. The number of benzene rings is 1. The molecule has 3 rings (SSSR count). The van der Waals surface area contributed by atoms with Crippen molar-refractivity contribution in [1.82, 2.24) is 9.88 Å². The predicted molar refractivity (Wildman–Crippen MR) is 137 cm³/mol. The minimum atomic E-state index is -4.91. The van der Waals surface area contributed by atoms with E-state index in [0.29, 0.717) is 18.9 Å². The van der Waals surface area contributed by atoms with Crippen molar-refractivity contribution in [1.29, 1.82) is 0 Å². The van der Waals surface area contributed by atoms with E-state index in [1.165, 1.54) is 12.3 Å². The number of nitrogens with zero attached hydrogens (tertiary/aromatic N) is 3. The molecular weight excluding hydrogens is 581 g/mol. The summed E-state index contributed by atoms with van der Waals surface area (Å²) in [4.78, 5) is 33.4. The molecule has 0 saturated carbocycles. The average Bonchev–Trinajstić information content (AvgIpc) is 2.76. The highest BCUT2D eigenvalue weighted by atomic mass is 79.9. The van der Waals surface area contributed by atoms with Crippen molar-refractivity contribution >= 4 is 51.0 Å². The number of rotatable bonds is 4. The molecule has 1 aliphatic rings. The maximum atomic E-state index is 12.7. The highest BCUT2D eigenvalue weighted by Gasteiger charge is 2.35. The second-order valence-corrected chi connectivity index (χ2v) is 10.9. The monoisotopic (exact) mass is 606 g/mol. The van der Waals surface area contributed by atoms with E-state index in [0.717, 1.165) is 6.07 Å². The van der Waals surface area contributed by atoms with Gasteiger partial charge in [-0.15, -0.1) is 13.2 Å². The van der Waals surface area contributed by atoms with Crippen molar-refractivity contribution in [2.45, 2.75) is 58.7 Å². The number of halogens is 5. The minimum Gasteiger partial charge on any atom is -0.444 e. The third-order valence-corrected chi connectivity index (χ3v) is 6.35. The lowest BCUT2D eigenvalue weighted by Crippen LogP contribution is -2.59. The molecule has 0 aliphatic carbocycles. The number of hydrogen-bond donors (Lipinski definition) is 1. The first-order valence-corrected chi connectivity index (χ1v) is 12.5. The Labute approximate surface area is 226 Å². The largest absolute Gasteiger partial charge is 0.573 e. The number of anilines is 2. The third-order valence-electron chi connectivity index (χ3n) is 5.41. The SMILES string of the molecule is C[C@@H]1CN(C(=O)OC(C)(C)C)[C@@H](C)CN1c1ccc(C(=O)Nc2cc(OC(F)(F)F)c(Br)cc2Cl)cn1. The fraction of sp³-hybridized carbons (Fsp3) is 0.458. The molecule has 1 aliphatic heterocycles. The lowest BCUT2D eigenvalue weighted by molar-refractivity contribution is -0.274. The van der Waals surface area contributed by atoms with Gasteiger partial charge < -0.3 is 24.6 Å². The maximum Gasteiger partial charge on any atom is 0.573 e. The molecule has 202 valence electrons. The van der Waals surface area contributed by atoms with Gasteiger partial charge in [0, 0.05) is 37.4 Å². The second kappa shape index (κ2) is 10.9. The number of alkyl halides is 3. The van der Waals surface area contributed by atoms with Gasteiger partial charge in [-0.1, -0.05) is 11.6 Å². The topological polar surface area (TPSA) is 84.0 Å². The van der Waals surface area contributed by atoms with Crippen molar-refractivity contribution in [2.75, 3.05) is 23.3 Å². The quantitative estimate of drug-likeness (QED) is 0.428. The van der Waals surface area contributed by atoms with Gasteiger partial charge in [0.1, 0.15) is 17.2 Å². The summed E-state index contributed by atoms with van der Waals surface area (Å²) in [7, 11) is 0. The van der Waals surface area contributed by atoms with Crippen molar-refractivity contribution in [3.8, 4) is 5.75 Å². The number of ether oxygens (including phenoxy) is 2. The normalized spacial score (nSPS) is 18.4. The number of hydrogen-bond acceptors (Lipinski definition) is 6. The zero-order valence-corrected chi connectivity index (χ0v) is 23.2. The van der Waals surface area contributed by atoms with Crippen molar-refractivity contribution in [2.24, 2.45) is 0 Å². The Hall–Kier alpha value is -2.73. The number of pyridine rings is 1. The van der Waals surface area contributed by atoms with Gasteiger partial charge in [-0.25, -0.2) is 9.78 Å². The van der Waals surface area contributed by atoms with Crippen LogP contribution >= 0.6 is 27.5 Å². The summed E-state index contributed by atoms with van der Waals surface area (Å²) in [5, 5.41) is 2.50. The van der Waals surface area contributed by atoms with Gasteiger partial charge in [-0.3, -0.25) is 4.79 Å². The van der Waals surface area contributed by atoms with Crippen molar-refractivity contribution < 1.29 is 32.2 Å². The van der Waals surface area contributed by atoms with E-state index < -0.39 is 23.6 Å². The molecule has 2 amide bonds. The summed E-state index contributed by atoms with van der Waals surface area (Å²) in [5.74, 6) is -0.547. The van der Waals surface area contributed by atoms with Crippen LogP contribution in [0.2, 0.25) is 5.02 Å². The van der Waals surface area contributed by atoms with E-state index in [9.17, 15) is 22.8 Å². The van der Waals surface area contributed by atoms with Crippen LogP contribution in [0.15, 0.2) is 34.9 Å². The molecule has 0 spiro atoms. The van der Waals surface area contributed by atoms with Crippen LogP contribution in [0, 0.1) is 0 Å². The second-order valence-electron chi connectivity index (χ2n) is 9.65. The van der Waals surface area contributed by atoms with E-state index in [-0.39, 0.29) is 38.9 Å². The van der Waals surface area contributed by atoms with Crippen LogP contribution in [0.5, 0.6) is 5.75 Å². The van der Waals surface area contributed by atoms with Crippen LogP contribution in [0.25, 0.3) is 0 Å². The summed E-state index contributed by atoms with van der Waals surface area (Å²) in [5.41, 5.74) is -0.476. The summed E-state index contributed by atoms with van der Waals surface area (Å²) in [6.07, 6.45) is -3.92. The minimum absolute atomic E-state index is 0.0185. The first-order chi connectivity index (χ1) is 17.0. The molecule has 8 nitrogen and oxygen atoms in total. The van der Waals surface area contributed by atoms with Crippen LogP contribution in [0.4, 0.5) is 29.5 Å². The zero-order chi connectivity index (χ0) is 27.7. The molecule has 1 aromatic heterocycles. The predicted octanol–water partition coefficient (Wildman–Crippen LogP) is 6.48. The van der Waals surface area contributed by atoms with Gasteiger partial charge in [-0.05, 0) is 68.7 Å². The molecule has 0 unspecified atom stereocenters. The van der Waals surface area contributed by atoms with Crippen LogP contribution in [-0.4, -0.2) is 59.0 Å². The van der Waals surface area contributed by atoms with Gasteiger partial charge >= 0.3 is 12.5 Å². The smallest absolute Gasteiger partial charge is 0.444 e. The van der Waals surface area contributed by atoms with E-state index in [4.69, 9.17) is 16.3 Å². The van der Waals surface area contributed by atoms with E-state index in [2.05, 4.69) is 31.0 Å². The molecular formula is C24H27BrClF3N4O4. The molecule has 0 bridgehead atoms. The molecule has 1 aromatic carbocycles. The summed E-state index contributed by atoms with van der Waals surface area (Å²) < 4.78 is 47.4. The van der Waals surface area contributed by atoms with Gasteiger partial charge in [0.15, 0.2) is 0 Å². The Morgan fingerprint density at radius 2 is 1.81 bits per heavy atom. The lowest BCUT2D eigenvalue weighted by Gasteiger charge is -2.44. The summed E-state index contributed by atoms with van der Waals surface area (Å²) in [6.45, 7) is 10.3. The van der Waals surface area contributed by atoms with Crippen LogP contribution in [0.3, 0.4) is 0 Å². The van der Waals surface area contributed by atoms with Crippen molar-refractivity contribution in [3.05, 3.63) is 45.5 Å². The number of carbonyl (C=O) groups excluding carboxylic acids is 2. The number of carbonyl (C=O) groups is 2. The number of piperazine rings is 1. The molecule has 37 heavy (non-hydrogen) atoms. The Balaban J connectivity index is 1.70. The Bertz CT molecular complexity index is 1160. The van der Waals surface area contributed by atoms with Crippen LogP contribution in [0.1, 0.15) is 45.0 Å². The third kappa shape index (κ3) is 7.64. The molecule has 13 heteroatoms. The van der Waals surface area contributed by atoms with Gasteiger partial charge in [0.2, 0.25) is 0 Å². The Kier molecular flexibility index (Phi) is 8.53. The van der Waals surface area contributed by atoms with Crippen LogP contribution < -0.4 is 15.0 Å². The first kappa shape index (κ1) is 28.8. The molecule has 1 saturated heterocycles. The Morgan fingerprint density at radius 3 is 2.38 bits per heavy atom. The lowest BCUT2D eigenvalue weighted by atomic mass is 10.1. The average molecular weight is 608 g/mol. The molecule has 0 radical (unpaired) electrons. The van der Waals surface area contributed by atoms with Gasteiger partial charge in [0.25, 0.3) is 5.91 Å². The highest BCUT2D eigenvalue weighted by Crippen LogP contribution is 2.37. The van der Waals surface area contributed by atoms with Gasteiger partial charge in [0.05, 0.1) is 20.7 Å². The van der Waals surface area contributed by atoms with E-state index in [1.54, 1.807) is 17.0 Å². The molecule has 2 aromatic rings. The number of nitrogens with one attached hydrogen (secondary N) is 1.